The van der Waals surface area contributed by atoms with Crippen molar-refractivity contribution in [1.29, 1.82) is 0 Å². The Morgan fingerprint density at radius 3 is 2.40 bits per heavy atom. The van der Waals surface area contributed by atoms with Crippen LogP contribution in [-0.4, -0.2) is 6.54 Å². The van der Waals surface area contributed by atoms with Gasteiger partial charge < -0.3 is 5.32 Å². The van der Waals surface area contributed by atoms with Gasteiger partial charge in [-0.3, -0.25) is 0 Å². The first-order chi connectivity index (χ1) is 9.65. The van der Waals surface area contributed by atoms with Crippen molar-refractivity contribution in [3.8, 4) is 0 Å². The SMILES string of the molecule is CC(C)c1ccc(CNCCc2cccc(Cl)c2)cc1. The summed E-state index contributed by atoms with van der Waals surface area (Å²) in [5.41, 5.74) is 4.01. The molecule has 0 unspecified atom stereocenters. The fraction of sp³-hybridized carbons (Fsp3) is 0.333. The molecule has 0 fully saturated rings. The van der Waals surface area contributed by atoms with E-state index in [2.05, 4.69) is 49.5 Å². The summed E-state index contributed by atoms with van der Waals surface area (Å²) in [6, 6.07) is 16.9. The molecule has 0 aliphatic rings. The smallest absolute Gasteiger partial charge is 0.0408 e. The Morgan fingerprint density at radius 2 is 1.75 bits per heavy atom. The third kappa shape index (κ3) is 4.66. The van der Waals surface area contributed by atoms with Crippen molar-refractivity contribution < 1.29 is 0 Å². The van der Waals surface area contributed by atoms with Gasteiger partial charge in [0.2, 0.25) is 0 Å². The summed E-state index contributed by atoms with van der Waals surface area (Å²) in [6.07, 6.45) is 1.00. The molecule has 2 heteroatoms. The maximum atomic E-state index is 5.97. The zero-order chi connectivity index (χ0) is 14.4. The standard InChI is InChI=1S/C18H22ClN/c1-14(2)17-8-6-16(7-9-17)13-20-11-10-15-4-3-5-18(19)12-15/h3-9,12,14,20H,10-11,13H2,1-2H3. The molecule has 0 spiro atoms. The van der Waals surface area contributed by atoms with Gasteiger partial charge in [-0.1, -0.05) is 61.8 Å². The summed E-state index contributed by atoms with van der Waals surface area (Å²) in [5, 5.41) is 4.29. The molecule has 0 aromatic heterocycles. The van der Waals surface area contributed by atoms with Gasteiger partial charge >= 0.3 is 0 Å². The largest absolute Gasteiger partial charge is 0.312 e. The summed E-state index contributed by atoms with van der Waals surface area (Å²) >= 11 is 5.97. The van der Waals surface area contributed by atoms with Gasteiger partial charge in [-0.15, -0.1) is 0 Å². The van der Waals surface area contributed by atoms with E-state index in [0.29, 0.717) is 5.92 Å². The van der Waals surface area contributed by atoms with Crippen molar-refractivity contribution in [2.75, 3.05) is 6.54 Å². The van der Waals surface area contributed by atoms with E-state index in [9.17, 15) is 0 Å². The van der Waals surface area contributed by atoms with Gasteiger partial charge in [-0.25, -0.2) is 0 Å². The van der Waals surface area contributed by atoms with Crippen molar-refractivity contribution in [3.05, 3.63) is 70.2 Å². The minimum atomic E-state index is 0.597. The van der Waals surface area contributed by atoms with Gasteiger partial charge in [0, 0.05) is 11.6 Å². The van der Waals surface area contributed by atoms with E-state index < -0.39 is 0 Å². The molecule has 106 valence electrons. The van der Waals surface area contributed by atoms with E-state index in [-0.39, 0.29) is 0 Å². The van der Waals surface area contributed by atoms with Crippen molar-refractivity contribution in [3.63, 3.8) is 0 Å². The molecule has 0 radical (unpaired) electrons. The van der Waals surface area contributed by atoms with E-state index in [1.54, 1.807) is 0 Å². The number of halogens is 1. The van der Waals surface area contributed by atoms with Crippen LogP contribution >= 0.6 is 11.6 Å². The predicted octanol–water partition coefficient (Wildman–Crippen LogP) is 4.80. The fourth-order valence-electron chi connectivity index (χ4n) is 2.18. The van der Waals surface area contributed by atoms with Gasteiger partial charge in [0.05, 0.1) is 0 Å². The summed E-state index contributed by atoms with van der Waals surface area (Å²) in [5.74, 6) is 0.597. The molecule has 2 aromatic carbocycles. The van der Waals surface area contributed by atoms with Crippen LogP contribution in [0.2, 0.25) is 5.02 Å². The Morgan fingerprint density at radius 1 is 1.00 bits per heavy atom. The molecule has 0 heterocycles. The summed E-state index contributed by atoms with van der Waals surface area (Å²) in [6.45, 7) is 6.32. The quantitative estimate of drug-likeness (QED) is 0.753. The second-order valence-electron chi connectivity index (χ2n) is 5.45. The minimum Gasteiger partial charge on any atom is -0.312 e. The van der Waals surface area contributed by atoms with Crippen LogP contribution in [0.1, 0.15) is 36.5 Å². The normalized spacial score (nSPS) is 11.0. The van der Waals surface area contributed by atoms with Crippen LogP contribution in [0.5, 0.6) is 0 Å². The van der Waals surface area contributed by atoms with Crippen molar-refractivity contribution in [2.24, 2.45) is 0 Å². The lowest BCUT2D eigenvalue weighted by Crippen LogP contribution is -2.16. The molecule has 0 saturated heterocycles. The lowest BCUT2D eigenvalue weighted by atomic mass is 10.0. The van der Waals surface area contributed by atoms with Gasteiger partial charge in [0.15, 0.2) is 0 Å². The average molecular weight is 288 g/mol. The molecule has 0 saturated carbocycles. The number of benzene rings is 2. The molecule has 20 heavy (non-hydrogen) atoms. The van der Waals surface area contributed by atoms with Crippen LogP contribution in [0.3, 0.4) is 0 Å². The van der Waals surface area contributed by atoms with Crippen LogP contribution in [0.15, 0.2) is 48.5 Å². The molecule has 1 N–H and O–H groups in total. The van der Waals surface area contributed by atoms with Gasteiger partial charge in [-0.2, -0.15) is 0 Å². The van der Waals surface area contributed by atoms with Crippen LogP contribution in [0.4, 0.5) is 0 Å². The summed E-state index contributed by atoms with van der Waals surface area (Å²) in [4.78, 5) is 0. The molecule has 1 nitrogen and oxygen atoms in total. The minimum absolute atomic E-state index is 0.597. The maximum Gasteiger partial charge on any atom is 0.0408 e. The number of hydrogen-bond donors (Lipinski definition) is 1. The maximum absolute atomic E-state index is 5.97. The van der Waals surface area contributed by atoms with Gasteiger partial charge in [0.1, 0.15) is 0 Å². The highest BCUT2D eigenvalue weighted by atomic mass is 35.5. The molecule has 0 aliphatic heterocycles. The second-order valence-corrected chi connectivity index (χ2v) is 5.89. The lowest BCUT2D eigenvalue weighted by molar-refractivity contribution is 0.686. The summed E-state index contributed by atoms with van der Waals surface area (Å²) < 4.78 is 0. The van der Waals surface area contributed by atoms with Crippen LogP contribution in [-0.2, 0) is 13.0 Å². The van der Waals surface area contributed by atoms with Crippen LogP contribution in [0.25, 0.3) is 0 Å². The van der Waals surface area contributed by atoms with Crippen molar-refractivity contribution in [1.82, 2.24) is 5.32 Å². The molecule has 0 bridgehead atoms. The Labute approximate surface area is 127 Å². The highest BCUT2D eigenvalue weighted by Crippen LogP contribution is 2.14. The first-order valence-electron chi connectivity index (χ1n) is 7.19. The highest BCUT2D eigenvalue weighted by molar-refractivity contribution is 6.30. The molecule has 2 rings (SSSR count). The van der Waals surface area contributed by atoms with E-state index >= 15 is 0 Å². The molecule has 2 aromatic rings. The third-order valence-corrected chi connectivity index (χ3v) is 3.69. The molecular formula is C18H22ClN. The Balaban J connectivity index is 1.75. The van der Waals surface area contributed by atoms with Crippen LogP contribution < -0.4 is 5.32 Å². The lowest BCUT2D eigenvalue weighted by Gasteiger charge is -2.08. The fourth-order valence-corrected chi connectivity index (χ4v) is 2.39. The van der Waals surface area contributed by atoms with E-state index in [0.717, 1.165) is 24.5 Å². The Hall–Kier alpha value is -1.31. The first kappa shape index (κ1) is 15.1. The Bertz CT molecular complexity index is 531. The highest BCUT2D eigenvalue weighted by Gasteiger charge is 1.99. The summed E-state index contributed by atoms with van der Waals surface area (Å²) in [7, 11) is 0. The zero-order valence-corrected chi connectivity index (χ0v) is 13.0. The Kier molecular flexibility index (Phi) is 5.63. The first-order valence-corrected chi connectivity index (χ1v) is 7.57. The van der Waals surface area contributed by atoms with Crippen LogP contribution in [0, 0.1) is 0 Å². The van der Waals surface area contributed by atoms with E-state index in [4.69, 9.17) is 11.6 Å². The molecule has 0 atom stereocenters. The van der Waals surface area contributed by atoms with Gasteiger partial charge in [0.25, 0.3) is 0 Å². The second kappa shape index (κ2) is 7.47. The number of hydrogen-bond acceptors (Lipinski definition) is 1. The number of rotatable bonds is 6. The zero-order valence-electron chi connectivity index (χ0n) is 12.2. The predicted molar refractivity (Wildman–Crippen MR) is 87.4 cm³/mol. The van der Waals surface area contributed by atoms with E-state index in [1.807, 2.05) is 18.2 Å². The van der Waals surface area contributed by atoms with Gasteiger partial charge in [-0.05, 0) is 47.7 Å². The average Bonchev–Trinajstić information content (AvgIpc) is 2.44. The monoisotopic (exact) mass is 287 g/mol. The molecule has 0 amide bonds. The molecular weight excluding hydrogens is 266 g/mol. The van der Waals surface area contributed by atoms with E-state index in [1.165, 1.54) is 16.7 Å². The third-order valence-electron chi connectivity index (χ3n) is 3.45. The van der Waals surface area contributed by atoms with Crippen molar-refractivity contribution >= 4 is 11.6 Å². The topological polar surface area (TPSA) is 12.0 Å². The van der Waals surface area contributed by atoms with Crippen molar-refractivity contribution in [2.45, 2.75) is 32.7 Å². The number of nitrogens with one attached hydrogen (secondary N) is 1. The molecule has 0 aliphatic carbocycles.